The fraction of sp³-hybridized carbons (Fsp3) is 0.714. The zero-order valence-electron chi connectivity index (χ0n) is 17.2. The van der Waals surface area contributed by atoms with Crippen molar-refractivity contribution in [3.8, 4) is 5.75 Å². The Balaban J connectivity index is 1.45. The molecule has 0 unspecified atom stereocenters. The van der Waals surface area contributed by atoms with Crippen LogP contribution >= 0.6 is 0 Å². The molecule has 1 aromatic rings. The third-order valence-electron chi connectivity index (χ3n) is 5.10. The lowest BCUT2D eigenvalue weighted by molar-refractivity contribution is -0.236. The Bertz CT molecular complexity index is 672. The van der Waals surface area contributed by atoms with Crippen LogP contribution in [0.2, 0.25) is 0 Å². The molecule has 3 saturated heterocycles. The van der Waals surface area contributed by atoms with Crippen LogP contribution in [0, 0.1) is 0 Å². The van der Waals surface area contributed by atoms with Gasteiger partial charge in [-0.1, -0.05) is 12.1 Å². The summed E-state index contributed by atoms with van der Waals surface area (Å²) in [4.78, 5) is 0. The molecular formula is C21H30O7. The Labute approximate surface area is 166 Å². The first-order chi connectivity index (χ1) is 13.3. The highest BCUT2D eigenvalue weighted by molar-refractivity contribution is 5.26. The Morgan fingerprint density at radius 1 is 0.964 bits per heavy atom. The van der Waals surface area contributed by atoms with Gasteiger partial charge in [0.05, 0.1) is 19.8 Å². The van der Waals surface area contributed by atoms with Crippen molar-refractivity contribution in [2.75, 3.05) is 13.2 Å². The minimum absolute atomic E-state index is 0.235. The van der Waals surface area contributed by atoms with Gasteiger partial charge in [0.15, 0.2) is 17.9 Å². The van der Waals surface area contributed by atoms with Gasteiger partial charge in [0.2, 0.25) is 0 Å². The number of benzene rings is 1. The minimum Gasteiger partial charge on any atom is -0.494 e. The van der Waals surface area contributed by atoms with E-state index in [1.165, 1.54) is 0 Å². The van der Waals surface area contributed by atoms with Crippen LogP contribution in [-0.2, 0) is 35.0 Å². The third kappa shape index (κ3) is 4.20. The molecule has 0 N–H and O–H groups in total. The lowest BCUT2D eigenvalue weighted by atomic mass is 10.1. The number of hydrogen-bond acceptors (Lipinski definition) is 7. The third-order valence-corrected chi connectivity index (χ3v) is 5.10. The maximum absolute atomic E-state index is 6.28. The van der Waals surface area contributed by atoms with E-state index in [9.17, 15) is 0 Å². The summed E-state index contributed by atoms with van der Waals surface area (Å²) >= 11 is 0. The Morgan fingerprint density at radius 3 is 2.36 bits per heavy atom. The van der Waals surface area contributed by atoms with Crippen LogP contribution in [0.5, 0.6) is 5.75 Å². The van der Waals surface area contributed by atoms with Gasteiger partial charge in [-0.05, 0) is 52.3 Å². The maximum Gasteiger partial charge on any atom is 0.190 e. The van der Waals surface area contributed by atoms with Crippen molar-refractivity contribution in [2.45, 2.75) is 83.5 Å². The van der Waals surface area contributed by atoms with E-state index in [-0.39, 0.29) is 24.4 Å². The number of ether oxygens (including phenoxy) is 7. The topological polar surface area (TPSA) is 64.6 Å². The molecule has 5 atom stereocenters. The van der Waals surface area contributed by atoms with E-state index in [0.29, 0.717) is 19.8 Å². The first-order valence-corrected chi connectivity index (χ1v) is 9.92. The molecule has 0 bridgehead atoms. The fourth-order valence-corrected chi connectivity index (χ4v) is 3.91. The highest BCUT2D eigenvalue weighted by atomic mass is 16.8. The van der Waals surface area contributed by atoms with Gasteiger partial charge < -0.3 is 33.2 Å². The predicted octanol–water partition coefficient (Wildman–Crippen LogP) is 3.00. The summed E-state index contributed by atoms with van der Waals surface area (Å²) in [6.07, 6.45) is -1.66. The highest BCUT2D eigenvalue weighted by Gasteiger charge is 2.58. The second-order valence-electron chi connectivity index (χ2n) is 8.29. The van der Waals surface area contributed by atoms with Crippen molar-refractivity contribution in [3.63, 3.8) is 0 Å². The van der Waals surface area contributed by atoms with E-state index < -0.39 is 17.9 Å². The average Bonchev–Trinajstić information content (AvgIpc) is 3.23. The lowest BCUT2D eigenvalue weighted by Crippen LogP contribution is -2.44. The van der Waals surface area contributed by atoms with E-state index in [4.69, 9.17) is 33.2 Å². The van der Waals surface area contributed by atoms with Crippen LogP contribution < -0.4 is 4.74 Å². The largest absolute Gasteiger partial charge is 0.494 e. The van der Waals surface area contributed by atoms with Crippen LogP contribution in [0.15, 0.2) is 24.3 Å². The van der Waals surface area contributed by atoms with Gasteiger partial charge in [0.1, 0.15) is 30.2 Å². The summed E-state index contributed by atoms with van der Waals surface area (Å²) in [5.41, 5.74) is 1.05. The van der Waals surface area contributed by atoms with Crippen molar-refractivity contribution < 1.29 is 33.2 Å². The van der Waals surface area contributed by atoms with Crippen molar-refractivity contribution >= 4 is 0 Å². The molecule has 4 rings (SSSR count). The molecular weight excluding hydrogens is 364 g/mol. The van der Waals surface area contributed by atoms with E-state index >= 15 is 0 Å². The summed E-state index contributed by atoms with van der Waals surface area (Å²) in [5, 5.41) is 0. The summed E-state index contributed by atoms with van der Waals surface area (Å²) in [6, 6.07) is 7.90. The Hall–Kier alpha value is -1.22. The molecule has 28 heavy (non-hydrogen) atoms. The molecule has 0 saturated carbocycles. The molecule has 3 aliphatic rings. The molecule has 0 radical (unpaired) electrons. The van der Waals surface area contributed by atoms with Gasteiger partial charge in [-0.15, -0.1) is 0 Å². The zero-order valence-corrected chi connectivity index (χ0v) is 17.2. The number of fused-ring (bicyclic) bond motifs is 1. The standard InChI is InChI=1S/C21H30O7/c1-6-22-14-9-7-13(8-10-14)11-23-17-16(15-12-24-20(2,3)26-15)25-19-18(17)27-21(4,5)28-19/h7-10,15-19H,6,11-12H2,1-5H3/t15-,16-,17+,18+,19-/m0/s1. The van der Waals surface area contributed by atoms with Crippen LogP contribution in [-0.4, -0.2) is 55.5 Å². The molecule has 3 heterocycles. The van der Waals surface area contributed by atoms with Gasteiger partial charge >= 0.3 is 0 Å². The molecule has 7 heteroatoms. The molecule has 7 nitrogen and oxygen atoms in total. The first-order valence-electron chi connectivity index (χ1n) is 9.92. The molecule has 156 valence electrons. The molecule has 1 aromatic carbocycles. The summed E-state index contributed by atoms with van der Waals surface area (Å²) < 4.78 is 41.7. The molecule has 3 aliphatic heterocycles. The monoisotopic (exact) mass is 394 g/mol. The van der Waals surface area contributed by atoms with Gasteiger partial charge in [0.25, 0.3) is 0 Å². The maximum atomic E-state index is 6.28. The molecule has 0 spiro atoms. The summed E-state index contributed by atoms with van der Waals surface area (Å²) in [6.45, 7) is 11.0. The molecule has 0 aliphatic carbocycles. The zero-order chi connectivity index (χ0) is 19.9. The molecule has 3 fully saturated rings. The Morgan fingerprint density at radius 2 is 1.71 bits per heavy atom. The van der Waals surface area contributed by atoms with Gasteiger partial charge in [-0.3, -0.25) is 0 Å². The summed E-state index contributed by atoms with van der Waals surface area (Å²) in [5.74, 6) is -0.485. The highest BCUT2D eigenvalue weighted by Crippen LogP contribution is 2.42. The van der Waals surface area contributed by atoms with E-state index in [1.54, 1.807) is 0 Å². The van der Waals surface area contributed by atoms with Crippen molar-refractivity contribution in [2.24, 2.45) is 0 Å². The fourth-order valence-electron chi connectivity index (χ4n) is 3.91. The first kappa shape index (κ1) is 20.1. The van der Waals surface area contributed by atoms with Crippen molar-refractivity contribution in [1.82, 2.24) is 0 Å². The molecule has 0 aromatic heterocycles. The SMILES string of the molecule is CCOc1ccc(CO[C@@H]2[C@H]([C@@H]3COC(C)(C)O3)O[C@H]3OC(C)(C)O[C@@H]32)cc1. The normalized spacial score (nSPS) is 35.8. The van der Waals surface area contributed by atoms with Crippen molar-refractivity contribution in [1.29, 1.82) is 0 Å². The van der Waals surface area contributed by atoms with Gasteiger partial charge in [-0.25, -0.2) is 0 Å². The smallest absolute Gasteiger partial charge is 0.190 e. The van der Waals surface area contributed by atoms with E-state index in [2.05, 4.69) is 0 Å². The quantitative estimate of drug-likeness (QED) is 0.735. The number of hydrogen-bond donors (Lipinski definition) is 0. The van der Waals surface area contributed by atoms with Crippen LogP contribution in [0.1, 0.15) is 40.2 Å². The Kier molecular flexibility index (Phi) is 5.41. The predicted molar refractivity (Wildman–Crippen MR) is 99.8 cm³/mol. The van der Waals surface area contributed by atoms with E-state index in [0.717, 1.165) is 11.3 Å². The summed E-state index contributed by atoms with van der Waals surface area (Å²) in [7, 11) is 0. The average molecular weight is 394 g/mol. The van der Waals surface area contributed by atoms with Crippen LogP contribution in [0.3, 0.4) is 0 Å². The molecule has 0 amide bonds. The van der Waals surface area contributed by atoms with Gasteiger partial charge in [0, 0.05) is 0 Å². The minimum atomic E-state index is -0.701. The van der Waals surface area contributed by atoms with Crippen molar-refractivity contribution in [3.05, 3.63) is 29.8 Å². The van der Waals surface area contributed by atoms with E-state index in [1.807, 2.05) is 58.9 Å². The van der Waals surface area contributed by atoms with Gasteiger partial charge in [-0.2, -0.15) is 0 Å². The lowest BCUT2D eigenvalue weighted by Gasteiger charge is -2.29. The second-order valence-corrected chi connectivity index (χ2v) is 8.29. The second kappa shape index (κ2) is 7.55. The van der Waals surface area contributed by atoms with Crippen LogP contribution in [0.4, 0.5) is 0 Å². The van der Waals surface area contributed by atoms with Crippen LogP contribution in [0.25, 0.3) is 0 Å². The number of rotatable bonds is 6.